The fraction of sp³-hybridized carbons (Fsp3) is 0.211. The van der Waals surface area contributed by atoms with Crippen molar-refractivity contribution in [1.82, 2.24) is 5.06 Å². The number of fused-ring (bicyclic) bond motifs is 3. The van der Waals surface area contributed by atoms with Crippen LogP contribution in [-0.2, 0) is 19.2 Å². The molecule has 0 spiro atoms. The molecule has 0 saturated heterocycles. The number of imide groups is 1. The molecule has 0 aromatic heterocycles. The highest BCUT2D eigenvalue weighted by atomic mass is 16.8. The molecule has 0 saturated carbocycles. The van der Waals surface area contributed by atoms with Crippen LogP contribution in [0.5, 0.6) is 0 Å². The molecule has 2 amide bonds. The molecule has 1 aliphatic rings. The largest absolute Gasteiger partial charge is 0.533 e. The molecule has 0 fully saturated rings. The van der Waals surface area contributed by atoms with Crippen LogP contribution in [0.2, 0.25) is 0 Å². The van der Waals surface area contributed by atoms with Gasteiger partial charge in [-0.25, -0.2) is 4.79 Å². The number of ether oxygens (including phenoxy) is 1. The van der Waals surface area contributed by atoms with Crippen molar-refractivity contribution in [3.8, 4) is 11.1 Å². The second kappa shape index (κ2) is 7.17. The molecule has 0 heterocycles. The molecule has 0 N–H and O–H groups in total. The molecule has 2 aromatic rings. The Morgan fingerprint density at radius 2 is 1.60 bits per heavy atom. The van der Waals surface area contributed by atoms with E-state index in [0.29, 0.717) is 5.06 Å². The Morgan fingerprint density at radius 1 is 1.04 bits per heavy atom. The second-order valence-corrected chi connectivity index (χ2v) is 5.56. The quantitative estimate of drug-likeness (QED) is 0.486. The van der Waals surface area contributed by atoms with E-state index in [-0.39, 0.29) is 25.4 Å². The predicted molar refractivity (Wildman–Crippen MR) is 89.4 cm³/mol. The van der Waals surface area contributed by atoms with Crippen molar-refractivity contribution in [3.63, 3.8) is 0 Å². The summed E-state index contributed by atoms with van der Waals surface area (Å²) in [6, 6.07) is 15.8. The summed E-state index contributed by atoms with van der Waals surface area (Å²) in [5, 5.41) is 0.346. The van der Waals surface area contributed by atoms with Crippen LogP contribution in [0.3, 0.4) is 0 Å². The SMILES string of the molecule is CCC(=O)N(C=O)OC(=O)OCC1c2ccccc2-c2ccccc21. The van der Waals surface area contributed by atoms with Gasteiger partial charge < -0.3 is 4.74 Å². The molecule has 6 heteroatoms. The van der Waals surface area contributed by atoms with Crippen molar-refractivity contribution in [3.05, 3.63) is 59.7 Å². The number of amides is 2. The lowest BCUT2D eigenvalue weighted by atomic mass is 9.98. The minimum Gasteiger partial charge on any atom is -0.432 e. The highest BCUT2D eigenvalue weighted by Crippen LogP contribution is 2.44. The third-order valence-electron chi connectivity index (χ3n) is 4.15. The highest BCUT2D eigenvalue weighted by molar-refractivity contribution is 5.85. The smallest absolute Gasteiger partial charge is 0.432 e. The first-order valence-corrected chi connectivity index (χ1v) is 7.96. The van der Waals surface area contributed by atoms with Gasteiger partial charge in [0.2, 0.25) is 0 Å². The molecule has 0 unspecified atom stereocenters. The number of hydroxylamine groups is 2. The number of rotatable bonds is 4. The predicted octanol–water partition coefficient (Wildman–Crippen LogP) is 3.26. The van der Waals surface area contributed by atoms with Gasteiger partial charge in [0.1, 0.15) is 6.61 Å². The van der Waals surface area contributed by atoms with Crippen molar-refractivity contribution in [2.45, 2.75) is 19.3 Å². The fourth-order valence-electron chi connectivity index (χ4n) is 2.98. The zero-order valence-corrected chi connectivity index (χ0v) is 13.7. The molecular weight excluding hydrogens is 322 g/mol. The number of nitrogens with zero attached hydrogens (tertiary/aromatic N) is 1. The first kappa shape index (κ1) is 16.7. The van der Waals surface area contributed by atoms with Crippen LogP contribution < -0.4 is 0 Å². The molecule has 0 radical (unpaired) electrons. The van der Waals surface area contributed by atoms with E-state index < -0.39 is 12.1 Å². The molecule has 6 nitrogen and oxygen atoms in total. The van der Waals surface area contributed by atoms with E-state index in [1.54, 1.807) is 6.92 Å². The van der Waals surface area contributed by atoms with Crippen LogP contribution in [-0.4, -0.2) is 30.1 Å². The van der Waals surface area contributed by atoms with Gasteiger partial charge in [-0.15, -0.1) is 5.06 Å². The minimum absolute atomic E-state index is 0.0371. The minimum atomic E-state index is -1.09. The van der Waals surface area contributed by atoms with E-state index >= 15 is 0 Å². The molecule has 2 aromatic carbocycles. The first-order valence-electron chi connectivity index (χ1n) is 7.96. The molecular formula is C19H17NO5. The molecule has 0 atom stereocenters. The van der Waals surface area contributed by atoms with E-state index in [0.717, 1.165) is 22.3 Å². The maximum Gasteiger partial charge on any atom is 0.533 e. The molecule has 128 valence electrons. The average molecular weight is 339 g/mol. The summed E-state index contributed by atoms with van der Waals surface area (Å²) < 4.78 is 5.15. The molecule has 0 aliphatic heterocycles. The Morgan fingerprint density at radius 3 is 2.12 bits per heavy atom. The van der Waals surface area contributed by atoms with Gasteiger partial charge in [-0.3, -0.25) is 14.4 Å². The lowest BCUT2D eigenvalue weighted by Gasteiger charge is -2.16. The zero-order chi connectivity index (χ0) is 17.8. The topological polar surface area (TPSA) is 72.9 Å². The van der Waals surface area contributed by atoms with Crippen LogP contribution in [0, 0.1) is 0 Å². The van der Waals surface area contributed by atoms with E-state index in [1.165, 1.54) is 0 Å². The normalized spacial score (nSPS) is 12.0. The third kappa shape index (κ3) is 3.24. The van der Waals surface area contributed by atoms with Crippen molar-refractivity contribution in [2.75, 3.05) is 6.61 Å². The highest BCUT2D eigenvalue weighted by Gasteiger charge is 2.29. The van der Waals surface area contributed by atoms with E-state index in [2.05, 4.69) is 4.84 Å². The summed E-state index contributed by atoms with van der Waals surface area (Å²) >= 11 is 0. The Hall–Kier alpha value is -3.15. The van der Waals surface area contributed by atoms with Gasteiger partial charge in [0.05, 0.1) is 0 Å². The maximum atomic E-state index is 11.8. The number of carbonyl (C=O) groups excluding carboxylic acids is 3. The van der Waals surface area contributed by atoms with E-state index in [9.17, 15) is 14.4 Å². The Kier molecular flexibility index (Phi) is 4.79. The van der Waals surface area contributed by atoms with Crippen molar-refractivity contribution < 1.29 is 24.0 Å². The van der Waals surface area contributed by atoms with Gasteiger partial charge in [-0.1, -0.05) is 55.5 Å². The third-order valence-corrected chi connectivity index (χ3v) is 4.15. The summed E-state index contributed by atoms with van der Waals surface area (Å²) in [4.78, 5) is 38.7. The number of hydrogen-bond acceptors (Lipinski definition) is 5. The monoisotopic (exact) mass is 339 g/mol. The number of carbonyl (C=O) groups is 3. The van der Waals surface area contributed by atoms with Crippen molar-refractivity contribution in [1.29, 1.82) is 0 Å². The Labute approximate surface area is 144 Å². The van der Waals surface area contributed by atoms with Crippen LogP contribution >= 0.6 is 0 Å². The van der Waals surface area contributed by atoms with Gasteiger partial charge in [0.15, 0.2) is 0 Å². The molecule has 0 bridgehead atoms. The lowest BCUT2D eigenvalue weighted by Crippen LogP contribution is -2.32. The standard InChI is InChI=1S/C19H17NO5/c1-2-18(22)20(12-21)25-19(23)24-11-17-15-9-5-3-7-13(15)14-8-4-6-10-16(14)17/h3-10,12,17H,2,11H2,1H3. The van der Waals surface area contributed by atoms with Gasteiger partial charge >= 0.3 is 6.16 Å². The summed E-state index contributed by atoms with van der Waals surface area (Å²) in [5.41, 5.74) is 4.34. The Balaban J connectivity index is 1.72. The summed E-state index contributed by atoms with van der Waals surface area (Å²) in [5.74, 6) is -0.741. The van der Waals surface area contributed by atoms with Gasteiger partial charge in [0.25, 0.3) is 12.3 Å². The van der Waals surface area contributed by atoms with Gasteiger partial charge in [-0.05, 0) is 22.3 Å². The fourth-order valence-corrected chi connectivity index (χ4v) is 2.98. The molecule has 1 aliphatic carbocycles. The summed E-state index contributed by atoms with van der Waals surface area (Å²) in [7, 11) is 0. The zero-order valence-electron chi connectivity index (χ0n) is 13.7. The molecule has 3 rings (SSSR count). The van der Waals surface area contributed by atoms with Crippen LogP contribution in [0.25, 0.3) is 11.1 Å². The van der Waals surface area contributed by atoms with E-state index in [4.69, 9.17) is 4.74 Å². The second-order valence-electron chi connectivity index (χ2n) is 5.56. The van der Waals surface area contributed by atoms with Crippen molar-refractivity contribution in [2.24, 2.45) is 0 Å². The van der Waals surface area contributed by atoms with Crippen LogP contribution in [0.15, 0.2) is 48.5 Å². The van der Waals surface area contributed by atoms with Crippen LogP contribution in [0.1, 0.15) is 30.4 Å². The molecule has 25 heavy (non-hydrogen) atoms. The van der Waals surface area contributed by atoms with Crippen molar-refractivity contribution >= 4 is 18.5 Å². The number of hydrogen-bond donors (Lipinski definition) is 0. The first-order chi connectivity index (χ1) is 12.2. The van der Waals surface area contributed by atoms with Gasteiger partial charge in [-0.2, -0.15) is 0 Å². The Bertz CT molecular complexity index is 771. The summed E-state index contributed by atoms with van der Waals surface area (Å²) in [6.07, 6.45) is -0.904. The van der Waals surface area contributed by atoms with E-state index in [1.807, 2.05) is 48.5 Å². The summed E-state index contributed by atoms with van der Waals surface area (Å²) in [6.45, 7) is 1.61. The van der Waals surface area contributed by atoms with Gasteiger partial charge in [0, 0.05) is 12.3 Å². The lowest BCUT2D eigenvalue weighted by molar-refractivity contribution is -0.175. The maximum absolute atomic E-state index is 11.8. The number of benzene rings is 2. The van der Waals surface area contributed by atoms with Crippen LogP contribution in [0.4, 0.5) is 4.79 Å². The average Bonchev–Trinajstić information content (AvgIpc) is 2.98.